The van der Waals surface area contributed by atoms with Crippen molar-refractivity contribution in [1.29, 1.82) is 0 Å². The summed E-state index contributed by atoms with van der Waals surface area (Å²) >= 11 is 0. The van der Waals surface area contributed by atoms with E-state index in [0.717, 1.165) is 0 Å². The van der Waals surface area contributed by atoms with Crippen LogP contribution in [0.25, 0.3) is 0 Å². The van der Waals surface area contributed by atoms with Crippen LogP contribution in [0.2, 0.25) is 0 Å². The molecular weight excluding hydrogens is 255 g/mol. The van der Waals surface area contributed by atoms with E-state index in [4.69, 9.17) is 14.6 Å². The highest BCUT2D eigenvalue weighted by Gasteiger charge is 2.44. The molecule has 1 aromatic rings. The maximum Gasteiger partial charge on any atom is 0.126 e. The molecule has 0 saturated carbocycles. The van der Waals surface area contributed by atoms with Gasteiger partial charge in [-0.3, -0.25) is 0 Å². The Labute approximate surface area is 110 Å². The third-order valence-corrected chi connectivity index (χ3v) is 3.36. The van der Waals surface area contributed by atoms with Gasteiger partial charge >= 0.3 is 0 Å². The molecule has 0 spiro atoms. The number of aliphatic hydroxyl groups is 3. The van der Waals surface area contributed by atoms with Gasteiger partial charge in [0, 0.05) is 5.56 Å². The van der Waals surface area contributed by atoms with Crippen LogP contribution in [-0.2, 0) is 4.74 Å². The van der Waals surface area contributed by atoms with Crippen molar-refractivity contribution in [2.75, 3.05) is 13.7 Å². The number of rotatable bonds is 3. The van der Waals surface area contributed by atoms with Gasteiger partial charge < -0.3 is 24.8 Å². The lowest BCUT2D eigenvalue weighted by atomic mass is 9.99. The highest BCUT2D eigenvalue weighted by molar-refractivity contribution is 5.40. The van der Waals surface area contributed by atoms with Crippen molar-refractivity contribution in [3.8, 4) is 5.75 Å². The van der Waals surface area contributed by atoms with E-state index < -0.39 is 36.8 Å². The van der Waals surface area contributed by atoms with Crippen LogP contribution in [0.15, 0.2) is 12.1 Å². The molecule has 1 aromatic carbocycles. The first kappa shape index (κ1) is 14.2. The van der Waals surface area contributed by atoms with Crippen LogP contribution in [0, 0.1) is 12.7 Å². The van der Waals surface area contributed by atoms with Gasteiger partial charge in [0.1, 0.15) is 36.0 Å². The van der Waals surface area contributed by atoms with E-state index in [1.165, 1.54) is 19.2 Å². The zero-order valence-corrected chi connectivity index (χ0v) is 10.7. The molecule has 2 rings (SSSR count). The van der Waals surface area contributed by atoms with Crippen LogP contribution in [0.4, 0.5) is 4.39 Å². The van der Waals surface area contributed by atoms with Crippen molar-refractivity contribution < 1.29 is 29.2 Å². The van der Waals surface area contributed by atoms with Gasteiger partial charge in [0.25, 0.3) is 0 Å². The summed E-state index contributed by atoms with van der Waals surface area (Å²) < 4.78 is 24.2. The number of methoxy groups -OCH3 is 1. The lowest BCUT2D eigenvalue weighted by molar-refractivity contribution is -0.0233. The maximum atomic E-state index is 13.6. The van der Waals surface area contributed by atoms with Crippen LogP contribution in [-0.4, -0.2) is 47.3 Å². The van der Waals surface area contributed by atoms with Gasteiger partial charge in [0.05, 0.1) is 13.7 Å². The summed E-state index contributed by atoms with van der Waals surface area (Å²) in [4.78, 5) is 0. The first-order valence-electron chi connectivity index (χ1n) is 5.96. The summed E-state index contributed by atoms with van der Waals surface area (Å²) in [7, 11) is 1.43. The second kappa shape index (κ2) is 5.42. The Morgan fingerprint density at radius 2 is 2.00 bits per heavy atom. The molecule has 0 aliphatic carbocycles. The molecule has 1 saturated heterocycles. The van der Waals surface area contributed by atoms with Crippen LogP contribution in [0.3, 0.4) is 0 Å². The number of benzene rings is 1. The van der Waals surface area contributed by atoms with Crippen molar-refractivity contribution in [1.82, 2.24) is 0 Å². The Morgan fingerprint density at radius 1 is 1.32 bits per heavy atom. The first-order chi connectivity index (χ1) is 8.99. The number of aliphatic hydroxyl groups excluding tert-OH is 3. The van der Waals surface area contributed by atoms with Gasteiger partial charge in [0.2, 0.25) is 0 Å². The van der Waals surface area contributed by atoms with E-state index in [1.54, 1.807) is 6.92 Å². The fourth-order valence-electron chi connectivity index (χ4n) is 2.23. The minimum absolute atomic E-state index is 0.313. The van der Waals surface area contributed by atoms with Crippen molar-refractivity contribution >= 4 is 0 Å². The standard InChI is InChI=1S/C13H17FO5/c1-6-3-9(18-2)7(4-8(6)14)13-12(17)11(16)10(5-15)19-13/h3-4,10-13,15-17H,5H2,1-2H3/t10-,11?,12?,13+/m1/s1. The predicted molar refractivity (Wildman–Crippen MR) is 64.4 cm³/mol. The molecule has 0 aromatic heterocycles. The summed E-state index contributed by atoms with van der Waals surface area (Å²) in [5.41, 5.74) is 0.723. The largest absolute Gasteiger partial charge is 0.496 e. The topological polar surface area (TPSA) is 79.2 Å². The van der Waals surface area contributed by atoms with Crippen LogP contribution >= 0.6 is 0 Å². The molecule has 0 radical (unpaired) electrons. The van der Waals surface area contributed by atoms with E-state index >= 15 is 0 Å². The number of hydrogen-bond acceptors (Lipinski definition) is 5. The molecular formula is C13H17FO5. The molecule has 19 heavy (non-hydrogen) atoms. The number of halogens is 1. The Kier molecular flexibility index (Phi) is 4.05. The summed E-state index contributed by atoms with van der Waals surface area (Å²) in [6.07, 6.45) is -4.29. The Bertz CT molecular complexity index is 465. The molecule has 1 aliphatic rings. The Hall–Kier alpha value is -1.21. The van der Waals surface area contributed by atoms with Gasteiger partial charge in [-0.25, -0.2) is 4.39 Å². The van der Waals surface area contributed by atoms with Crippen molar-refractivity contribution in [3.63, 3.8) is 0 Å². The van der Waals surface area contributed by atoms with Gasteiger partial charge in [-0.15, -0.1) is 0 Å². The highest BCUT2D eigenvalue weighted by Crippen LogP contribution is 2.38. The first-order valence-corrected chi connectivity index (χ1v) is 5.96. The number of aryl methyl sites for hydroxylation is 1. The monoisotopic (exact) mass is 272 g/mol. The van der Waals surface area contributed by atoms with E-state index in [2.05, 4.69) is 0 Å². The minimum atomic E-state index is -1.24. The van der Waals surface area contributed by atoms with Crippen molar-refractivity contribution in [2.24, 2.45) is 0 Å². The number of hydrogen-bond donors (Lipinski definition) is 3. The third kappa shape index (κ3) is 2.44. The summed E-state index contributed by atoms with van der Waals surface area (Å²) in [6.45, 7) is 1.17. The van der Waals surface area contributed by atoms with Gasteiger partial charge in [-0.2, -0.15) is 0 Å². The molecule has 0 amide bonds. The van der Waals surface area contributed by atoms with E-state index in [1.807, 2.05) is 0 Å². The fraction of sp³-hybridized carbons (Fsp3) is 0.538. The molecule has 1 fully saturated rings. The lowest BCUT2D eigenvalue weighted by Gasteiger charge is -2.18. The van der Waals surface area contributed by atoms with Gasteiger partial charge in [-0.05, 0) is 24.6 Å². The Balaban J connectivity index is 2.39. The van der Waals surface area contributed by atoms with Crippen molar-refractivity contribution in [2.45, 2.75) is 31.3 Å². The fourth-order valence-corrected chi connectivity index (χ4v) is 2.23. The second-order valence-electron chi connectivity index (χ2n) is 4.60. The van der Waals surface area contributed by atoms with Gasteiger partial charge in [-0.1, -0.05) is 0 Å². The quantitative estimate of drug-likeness (QED) is 0.737. The maximum absolute atomic E-state index is 13.6. The van der Waals surface area contributed by atoms with Crippen LogP contribution in [0.1, 0.15) is 17.2 Å². The summed E-state index contributed by atoms with van der Waals surface area (Å²) in [6, 6.07) is 2.72. The third-order valence-electron chi connectivity index (χ3n) is 3.36. The molecule has 1 heterocycles. The molecule has 1 aliphatic heterocycles. The summed E-state index contributed by atoms with van der Waals surface area (Å²) in [5, 5.41) is 28.7. The van der Waals surface area contributed by atoms with E-state index in [0.29, 0.717) is 16.9 Å². The Morgan fingerprint density at radius 3 is 2.53 bits per heavy atom. The molecule has 2 unspecified atom stereocenters. The molecule has 106 valence electrons. The predicted octanol–water partition coefficient (Wildman–Crippen LogP) is 0.297. The average molecular weight is 272 g/mol. The normalized spacial score (nSPS) is 30.6. The van der Waals surface area contributed by atoms with Crippen LogP contribution < -0.4 is 4.74 Å². The van der Waals surface area contributed by atoms with Gasteiger partial charge in [0.15, 0.2) is 0 Å². The average Bonchev–Trinajstić information content (AvgIpc) is 2.69. The molecule has 0 bridgehead atoms. The zero-order valence-electron chi connectivity index (χ0n) is 10.7. The molecule has 4 atom stereocenters. The summed E-state index contributed by atoms with van der Waals surface area (Å²) in [5.74, 6) is -0.0812. The number of ether oxygens (including phenoxy) is 2. The highest BCUT2D eigenvalue weighted by atomic mass is 19.1. The smallest absolute Gasteiger partial charge is 0.126 e. The van der Waals surface area contributed by atoms with Crippen molar-refractivity contribution in [3.05, 3.63) is 29.1 Å². The minimum Gasteiger partial charge on any atom is -0.496 e. The van der Waals surface area contributed by atoms with E-state index in [9.17, 15) is 14.6 Å². The van der Waals surface area contributed by atoms with Crippen LogP contribution in [0.5, 0.6) is 5.75 Å². The lowest BCUT2D eigenvalue weighted by Crippen LogP contribution is -2.32. The molecule has 3 N–H and O–H groups in total. The second-order valence-corrected chi connectivity index (χ2v) is 4.60. The molecule has 6 heteroatoms. The molecule has 5 nitrogen and oxygen atoms in total. The SMILES string of the molecule is COc1cc(C)c(F)cc1[C@@H]1O[C@H](CO)C(O)C1O. The zero-order chi connectivity index (χ0) is 14.2. The van der Waals surface area contributed by atoms with E-state index in [-0.39, 0.29) is 0 Å².